The van der Waals surface area contributed by atoms with Crippen LogP contribution in [0.15, 0.2) is 0 Å². The molecule has 0 bridgehead atoms. The van der Waals surface area contributed by atoms with Gasteiger partial charge in [-0.2, -0.15) is 35.3 Å². The minimum atomic E-state index is -0.884. The molecule has 0 aliphatic rings. The van der Waals surface area contributed by atoms with Gasteiger partial charge >= 0.3 is 0 Å². The maximum atomic E-state index is 12.5. The van der Waals surface area contributed by atoms with Crippen molar-refractivity contribution >= 4 is 111 Å². The van der Waals surface area contributed by atoms with E-state index in [-0.39, 0.29) is 45.8 Å². The van der Waals surface area contributed by atoms with Crippen LogP contribution >= 0.6 is 95.9 Å². The lowest BCUT2D eigenvalue weighted by Gasteiger charge is -2.46. The summed E-state index contributed by atoms with van der Waals surface area (Å²) in [6.07, 6.45) is 0. The molecule has 0 rings (SSSR count). The van der Waals surface area contributed by atoms with E-state index in [1.54, 1.807) is 0 Å². The predicted molar refractivity (Wildman–Crippen MR) is 422 cm³/mol. The van der Waals surface area contributed by atoms with E-state index >= 15 is 0 Å². The molecular formula is C69H147N6O6P3S6. The van der Waals surface area contributed by atoms with Crippen LogP contribution in [0.4, 0.5) is 0 Å². The SMILES string of the molecule is CC(C)N(C(C)C)P(OCC(C)(C)SCC(C)(C)SC(=O)C(C)(C)C)N(C(C)C)C(C)C.CC(C)N(C(C)C)P(OCCSC(C)(C)CSC(=O)C(C)(C)C)N(C(C)C)C(C)C.CC(C)N(C(C)C)P(OCCSCCSC(=O)C(C)(C)C)N(C(C)C)C(C)C. The van der Waals surface area contributed by atoms with Gasteiger partial charge in [-0.15, -0.1) is 0 Å². The molecule has 0 saturated heterocycles. The van der Waals surface area contributed by atoms with Crippen molar-refractivity contribution in [3.63, 3.8) is 0 Å². The summed E-state index contributed by atoms with van der Waals surface area (Å²) in [4.78, 5) is 36.8. The van der Waals surface area contributed by atoms with E-state index in [2.05, 4.69) is 236 Å². The molecular weight excluding hydrogens is 1290 g/mol. The standard InChI is InChI=1S/C25H53N2O2PS2.C23H49N2O2PS2.C21H45N2O2PS2/c1-18(2)26(19(3)4)30(27(20(5)6)21(7)8)29-16-24(12,13)31-17-25(14,15)32-22(28)23(9,10)11;1-17(2)24(18(3)4)28(25(19(5)6)20(7)8)27-14-15-30-23(12,13)16-29-21(26)22(9,10)11;1-16(2)22(17(3)4)26(23(18(5)6)19(7)8)25-12-13-27-14-15-28-20(24)21(9,10)11/h18-21H,16-17H2,1-15H3;17-20H,14-16H2,1-13H3;16-19H,12-15H2,1-11H3. The molecule has 0 aliphatic carbocycles. The minimum Gasteiger partial charge on any atom is -0.330 e. The number of hydrogen-bond acceptors (Lipinski definition) is 18. The Morgan fingerprint density at radius 2 is 0.589 bits per heavy atom. The van der Waals surface area contributed by atoms with Crippen LogP contribution in [0, 0.1) is 16.2 Å². The van der Waals surface area contributed by atoms with E-state index in [4.69, 9.17) is 13.6 Å². The van der Waals surface area contributed by atoms with Gasteiger partial charge in [0.05, 0.1) is 19.8 Å². The zero-order chi connectivity index (χ0) is 71.6. The van der Waals surface area contributed by atoms with Crippen LogP contribution in [0.3, 0.4) is 0 Å². The summed E-state index contributed by atoms with van der Waals surface area (Å²) in [7, 11) is -2.52. The molecule has 0 heterocycles. The highest BCUT2D eigenvalue weighted by Gasteiger charge is 2.40. The highest BCUT2D eigenvalue weighted by atomic mass is 32.2. The lowest BCUT2D eigenvalue weighted by atomic mass is 9.99. The fourth-order valence-corrected chi connectivity index (χ4v) is 23.0. The molecule has 21 heteroatoms. The van der Waals surface area contributed by atoms with Crippen molar-refractivity contribution < 1.29 is 28.0 Å². The zero-order valence-corrected chi connectivity index (χ0v) is 73.3. The molecule has 0 aromatic carbocycles. The van der Waals surface area contributed by atoms with Gasteiger partial charge in [-0.1, -0.05) is 97.6 Å². The second-order valence-corrected chi connectivity index (χ2v) is 45.5. The topological polar surface area (TPSA) is 98.3 Å². The third-order valence-electron chi connectivity index (χ3n) is 13.3. The molecule has 90 heavy (non-hydrogen) atoms. The quantitative estimate of drug-likeness (QED) is 0.0431. The Hall–Kier alpha value is 2.04. The van der Waals surface area contributed by atoms with Crippen LogP contribution in [0.1, 0.15) is 270 Å². The molecule has 0 fully saturated rings. The van der Waals surface area contributed by atoms with Gasteiger partial charge in [-0.3, -0.25) is 14.4 Å². The Labute approximate surface area is 590 Å². The number of hydrogen-bond donors (Lipinski definition) is 0. The first kappa shape index (κ1) is 96.2. The first-order valence-corrected chi connectivity index (χ1v) is 43.4. The maximum absolute atomic E-state index is 12.5. The Morgan fingerprint density at radius 1 is 0.311 bits per heavy atom. The Morgan fingerprint density at radius 3 is 0.878 bits per heavy atom. The molecule has 0 amide bonds. The van der Waals surface area contributed by atoms with E-state index in [9.17, 15) is 14.4 Å². The van der Waals surface area contributed by atoms with E-state index in [0.717, 1.165) is 47.7 Å². The van der Waals surface area contributed by atoms with E-state index in [1.807, 2.05) is 97.6 Å². The number of rotatable bonds is 39. The third kappa shape index (κ3) is 39.7. The number of nitrogens with zero attached hydrogens (tertiary/aromatic N) is 6. The fraction of sp³-hybridized carbons (Fsp3) is 0.957. The van der Waals surface area contributed by atoms with Crippen LogP contribution in [-0.4, -0.2) is 184 Å². The molecule has 540 valence electrons. The fourth-order valence-electron chi connectivity index (χ4n) is 9.39. The Kier molecular flexibility index (Phi) is 48.1. The monoisotopic (exact) mass is 1440 g/mol. The first-order valence-electron chi connectivity index (χ1n) is 33.9. The predicted octanol–water partition coefficient (Wildman–Crippen LogP) is 21.9. The molecule has 0 aliphatic heterocycles. The highest BCUT2D eigenvalue weighted by Crippen LogP contribution is 2.54. The van der Waals surface area contributed by atoms with Crippen molar-refractivity contribution in [2.45, 2.75) is 357 Å². The van der Waals surface area contributed by atoms with Gasteiger partial charge in [-0.05, 0) is 208 Å². The van der Waals surface area contributed by atoms with Crippen LogP contribution in [0.25, 0.3) is 0 Å². The normalized spacial score (nSPS) is 13.9. The van der Waals surface area contributed by atoms with Gasteiger partial charge in [0.15, 0.2) is 40.7 Å². The summed E-state index contributed by atoms with van der Waals surface area (Å²) < 4.78 is 35.0. The van der Waals surface area contributed by atoms with E-state index < -0.39 is 25.3 Å². The van der Waals surface area contributed by atoms with Crippen molar-refractivity contribution in [2.75, 3.05) is 54.3 Å². The molecule has 0 N–H and O–H groups in total. The van der Waals surface area contributed by atoms with E-state index in [1.165, 1.54) is 35.3 Å². The second-order valence-electron chi connectivity index (χ2n) is 32.0. The molecule has 12 nitrogen and oxygen atoms in total. The van der Waals surface area contributed by atoms with Gasteiger partial charge in [0.1, 0.15) is 0 Å². The number of thioether (sulfide) groups is 6. The smallest absolute Gasteiger partial charge is 0.194 e. The average molecular weight is 1440 g/mol. The number of carbonyl (C=O) groups excluding carboxylic acids is 3. The summed E-state index contributed by atoms with van der Waals surface area (Å²) in [5, 5.41) is 0.807. The number of carbonyl (C=O) groups is 3. The summed E-state index contributed by atoms with van der Waals surface area (Å²) in [5.74, 6) is 5.51. The average Bonchev–Trinajstić information content (AvgIpc) is 0.873. The molecule has 0 unspecified atom stereocenters. The van der Waals surface area contributed by atoms with Gasteiger partial charge < -0.3 is 13.6 Å². The van der Waals surface area contributed by atoms with Crippen molar-refractivity contribution in [3.8, 4) is 0 Å². The zero-order valence-electron chi connectivity index (χ0n) is 65.7. The summed E-state index contributed by atoms with van der Waals surface area (Å²) in [6, 6.07) is 5.15. The molecule has 0 spiro atoms. The van der Waals surface area contributed by atoms with Crippen LogP contribution in [0.5, 0.6) is 0 Å². The molecule has 0 aromatic heterocycles. The minimum absolute atomic E-state index is 0.0392. The van der Waals surface area contributed by atoms with Crippen molar-refractivity contribution in [1.82, 2.24) is 28.0 Å². The largest absolute Gasteiger partial charge is 0.330 e. The summed E-state index contributed by atoms with van der Waals surface area (Å²) in [6.45, 7) is 87.7. The molecule has 0 saturated carbocycles. The lowest BCUT2D eigenvalue weighted by Crippen LogP contribution is -2.44. The van der Waals surface area contributed by atoms with Gasteiger partial charge in [0, 0.05) is 138 Å². The first-order chi connectivity index (χ1) is 40.5. The van der Waals surface area contributed by atoms with Crippen molar-refractivity contribution in [2.24, 2.45) is 16.2 Å². The van der Waals surface area contributed by atoms with Crippen molar-refractivity contribution in [1.29, 1.82) is 0 Å². The molecule has 0 aromatic rings. The summed E-state index contributed by atoms with van der Waals surface area (Å²) >= 11 is 10.1. The summed E-state index contributed by atoms with van der Waals surface area (Å²) in [5.41, 5.74) is -0.837. The van der Waals surface area contributed by atoms with Crippen LogP contribution in [0.2, 0.25) is 0 Å². The van der Waals surface area contributed by atoms with Crippen LogP contribution < -0.4 is 0 Å². The van der Waals surface area contributed by atoms with Crippen LogP contribution in [-0.2, 0) is 28.0 Å². The van der Waals surface area contributed by atoms with Gasteiger partial charge in [-0.25, -0.2) is 28.0 Å². The maximum Gasteiger partial charge on any atom is 0.194 e. The lowest BCUT2D eigenvalue weighted by molar-refractivity contribution is -0.118. The van der Waals surface area contributed by atoms with Crippen molar-refractivity contribution in [3.05, 3.63) is 0 Å². The molecule has 0 atom stereocenters. The Balaban J connectivity index is -0.00000126. The highest BCUT2D eigenvalue weighted by molar-refractivity contribution is 8.16. The Bertz CT molecular complexity index is 1840. The third-order valence-corrected chi connectivity index (χ3v) is 31.6. The van der Waals surface area contributed by atoms with Gasteiger partial charge in [0.2, 0.25) is 0 Å². The van der Waals surface area contributed by atoms with Gasteiger partial charge in [0.25, 0.3) is 0 Å². The second kappa shape index (κ2) is 45.0. The molecule has 0 radical (unpaired) electrons. The van der Waals surface area contributed by atoms with E-state index in [0.29, 0.717) is 79.1 Å².